The Morgan fingerprint density at radius 3 is 2.84 bits per heavy atom. The van der Waals surface area contributed by atoms with E-state index in [1.54, 1.807) is 0 Å². The highest BCUT2D eigenvalue weighted by molar-refractivity contribution is 6.07. The van der Waals surface area contributed by atoms with E-state index in [0.29, 0.717) is 18.4 Å². The maximum Gasteiger partial charge on any atom is 0.326 e. The number of ether oxygens (including phenoxy) is 1. The molecule has 0 saturated carbocycles. The summed E-state index contributed by atoms with van der Waals surface area (Å²) in [6.45, 7) is 0.819. The van der Waals surface area contributed by atoms with Crippen LogP contribution in [0.4, 0.5) is 4.39 Å². The summed E-state index contributed by atoms with van der Waals surface area (Å²) in [7, 11) is 0. The SMILES string of the molecule is O=C(NC(C(=O)O)C1CCCOC1)c1cc(=O)[nH]c2cc(F)ccc12. The van der Waals surface area contributed by atoms with Crippen molar-refractivity contribution in [3.05, 3.63) is 46.0 Å². The van der Waals surface area contributed by atoms with Crippen molar-refractivity contribution in [3.8, 4) is 0 Å². The number of carboxylic acid groups (broad SMARTS) is 1. The molecule has 0 aliphatic carbocycles. The van der Waals surface area contributed by atoms with Gasteiger partial charge in [0.05, 0.1) is 17.7 Å². The van der Waals surface area contributed by atoms with Crippen LogP contribution in [0.2, 0.25) is 0 Å². The topological polar surface area (TPSA) is 108 Å². The quantitative estimate of drug-likeness (QED) is 0.771. The maximum absolute atomic E-state index is 13.3. The molecule has 0 bridgehead atoms. The van der Waals surface area contributed by atoms with Crippen LogP contribution in [0, 0.1) is 11.7 Å². The molecule has 0 spiro atoms. The Bertz CT molecular complexity index is 873. The van der Waals surface area contributed by atoms with Crippen LogP contribution in [-0.4, -0.2) is 41.2 Å². The minimum atomic E-state index is -1.16. The first-order valence-corrected chi connectivity index (χ1v) is 7.89. The molecule has 1 aliphatic heterocycles. The summed E-state index contributed by atoms with van der Waals surface area (Å²) in [5.74, 6) is -2.76. The van der Waals surface area contributed by atoms with Crippen molar-refractivity contribution in [2.75, 3.05) is 13.2 Å². The van der Waals surface area contributed by atoms with Crippen molar-refractivity contribution in [2.24, 2.45) is 5.92 Å². The van der Waals surface area contributed by atoms with E-state index < -0.39 is 29.3 Å². The lowest BCUT2D eigenvalue weighted by molar-refractivity contribution is -0.142. The van der Waals surface area contributed by atoms with Gasteiger partial charge in [0.25, 0.3) is 5.91 Å². The second kappa shape index (κ2) is 7.02. The number of aliphatic carboxylic acids is 1. The van der Waals surface area contributed by atoms with Gasteiger partial charge in [-0.3, -0.25) is 9.59 Å². The van der Waals surface area contributed by atoms with E-state index in [1.807, 2.05) is 0 Å². The van der Waals surface area contributed by atoms with Gasteiger partial charge in [0.1, 0.15) is 11.9 Å². The number of nitrogens with one attached hydrogen (secondary N) is 2. The predicted molar refractivity (Wildman–Crippen MR) is 87.0 cm³/mol. The zero-order valence-corrected chi connectivity index (χ0v) is 13.3. The van der Waals surface area contributed by atoms with Crippen LogP contribution in [0.25, 0.3) is 10.9 Å². The number of halogens is 1. The highest BCUT2D eigenvalue weighted by Crippen LogP contribution is 2.20. The number of aromatic nitrogens is 1. The minimum Gasteiger partial charge on any atom is -0.480 e. The average molecular weight is 348 g/mol. The Hall–Kier alpha value is -2.74. The summed E-state index contributed by atoms with van der Waals surface area (Å²) in [5, 5.41) is 12.2. The normalized spacial score (nSPS) is 18.7. The van der Waals surface area contributed by atoms with Gasteiger partial charge in [-0.25, -0.2) is 9.18 Å². The molecule has 0 radical (unpaired) electrons. The lowest BCUT2D eigenvalue weighted by Gasteiger charge is -2.28. The number of aromatic amines is 1. The Labute approximate surface area is 141 Å². The highest BCUT2D eigenvalue weighted by atomic mass is 19.1. The minimum absolute atomic E-state index is 0.00160. The third-order valence-electron chi connectivity index (χ3n) is 4.27. The monoisotopic (exact) mass is 348 g/mol. The average Bonchev–Trinajstić information content (AvgIpc) is 2.58. The predicted octanol–water partition coefficient (Wildman–Crippen LogP) is 1.28. The largest absolute Gasteiger partial charge is 0.480 e. The van der Waals surface area contributed by atoms with Crippen LogP contribution in [0.5, 0.6) is 0 Å². The fourth-order valence-electron chi connectivity index (χ4n) is 3.05. The van der Waals surface area contributed by atoms with Crippen LogP contribution >= 0.6 is 0 Å². The smallest absolute Gasteiger partial charge is 0.326 e. The van der Waals surface area contributed by atoms with Gasteiger partial charge < -0.3 is 20.1 Å². The van der Waals surface area contributed by atoms with Crippen molar-refractivity contribution in [1.82, 2.24) is 10.3 Å². The van der Waals surface area contributed by atoms with Crippen LogP contribution in [0.3, 0.4) is 0 Å². The molecule has 1 aromatic carbocycles. The highest BCUT2D eigenvalue weighted by Gasteiger charge is 2.32. The first-order chi connectivity index (χ1) is 12.0. The second-order valence-electron chi connectivity index (χ2n) is 6.00. The number of carboxylic acids is 1. The number of hydrogen-bond acceptors (Lipinski definition) is 4. The summed E-state index contributed by atoms with van der Waals surface area (Å²) >= 11 is 0. The third-order valence-corrected chi connectivity index (χ3v) is 4.27. The summed E-state index contributed by atoms with van der Waals surface area (Å²) in [6, 6.07) is 3.60. The Kier molecular flexibility index (Phi) is 4.80. The molecule has 2 heterocycles. The lowest BCUT2D eigenvalue weighted by Crippen LogP contribution is -2.48. The maximum atomic E-state index is 13.3. The van der Waals surface area contributed by atoms with E-state index in [2.05, 4.69) is 10.3 Å². The molecule has 3 rings (SSSR count). The molecule has 1 amide bonds. The molecule has 8 heteroatoms. The van der Waals surface area contributed by atoms with Gasteiger partial charge in [0.15, 0.2) is 0 Å². The Morgan fingerprint density at radius 1 is 1.36 bits per heavy atom. The number of benzene rings is 1. The fourth-order valence-corrected chi connectivity index (χ4v) is 3.05. The molecular weight excluding hydrogens is 331 g/mol. The van der Waals surface area contributed by atoms with Gasteiger partial charge >= 0.3 is 5.97 Å². The molecule has 1 fully saturated rings. The van der Waals surface area contributed by atoms with Gasteiger partial charge in [-0.05, 0) is 31.0 Å². The molecule has 2 atom stereocenters. The molecule has 7 nitrogen and oxygen atoms in total. The molecule has 2 aromatic rings. The van der Waals surface area contributed by atoms with E-state index in [9.17, 15) is 23.9 Å². The van der Waals surface area contributed by atoms with Crippen molar-refractivity contribution >= 4 is 22.8 Å². The zero-order valence-electron chi connectivity index (χ0n) is 13.3. The number of rotatable bonds is 4. The van der Waals surface area contributed by atoms with Gasteiger partial charge in [-0.2, -0.15) is 0 Å². The molecule has 1 saturated heterocycles. The van der Waals surface area contributed by atoms with Gasteiger partial charge in [0, 0.05) is 24.0 Å². The summed E-state index contributed by atoms with van der Waals surface area (Å²) in [4.78, 5) is 38.3. The van der Waals surface area contributed by atoms with E-state index >= 15 is 0 Å². The third kappa shape index (κ3) is 3.69. The molecular formula is C17H17FN2O5. The zero-order chi connectivity index (χ0) is 18.0. The Balaban J connectivity index is 1.93. The van der Waals surface area contributed by atoms with Gasteiger partial charge in [-0.1, -0.05) is 0 Å². The van der Waals surface area contributed by atoms with E-state index in [1.165, 1.54) is 12.1 Å². The van der Waals surface area contributed by atoms with Crippen LogP contribution in [-0.2, 0) is 9.53 Å². The number of carbonyl (C=O) groups excluding carboxylic acids is 1. The van der Waals surface area contributed by atoms with Crippen molar-refractivity contribution in [3.63, 3.8) is 0 Å². The first-order valence-electron chi connectivity index (χ1n) is 7.89. The van der Waals surface area contributed by atoms with E-state index in [4.69, 9.17) is 4.74 Å². The van der Waals surface area contributed by atoms with E-state index in [0.717, 1.165) is 18.6 Å². The first kappa shape index (κ1) is 17.1. The number of carbonyl (C=O) groups is 2. The molecule has 3 N–H and O–H groups in total. The van der Waals surface area contributed by atoms with Crippen LogP contribution < -0.4 is 10.9 Å². The molecule has 25 heavy (non-hydrogen) atoms. The van der Waals surface area contributed by atoms with Crippen LogP contribution in [0.1, 0.15) is 23.2 Å². The molecule has 132 valence electrons. The molecule has 2 unspecified atom stereocenters. The van der Waals surface area contributed by atoms with E-state index in [-0.39, 0.29) is 23.6 Å². The molecule has 1 aromatic heterocycles. The van der Waals surface area contributed by atoms with Crippen molar-refractivity contribution in [1.29, 1.82) is 0 Å². The summed E-state index contributed by atoms with van der Waals surface area (Å²) in [5.41, 5.74) is -0.400. The fraction of sp³-hybridized carbons (Fsp3) is 0.353. The second-order valence-corrected chi connectivity index (χ2v) is 6.00. The van der Waals surface area contributed by atoms with Crippen molar-refractivity contribution in [2.45, 2.75) is 18.9 Å². The van der Waals surface area contributed by atoms with Gasteiger partial charge in [-0.15, -0.1) is 0 Å². The number of fused-ring (bicyclic) bond motifs is 1. The summed E-state index contributed by atoms with van der Waals surface area (Å²) < 4.78 is 18.6. The lowest BCUT2D eigenvalue weighted by atomic mass is 9.93. The standard InChI is InChI=1S/C17H17FN2O5/c18-10-3-4-11-12(7-14(21)19-13(11)6-10)16(22)20-15(17(23)24)9-2-1-5-25-8-9/h3-4,6-7,9,15H,1-2,5,8H2,(H,19,21)(H,20,22)(H,23,24). The van der Waals surface area contributed by atoms with Crippen LogP contribution in [0.15, 0.2) is 29.1 Å². The van der Waals surface area contributed by atoms with Gasteiger partial charge in [0.2, 0.25) is 5.56 Å². The number of H-pyrrole nitrogens is 1. The summed E-state index contributed by atoms with van der Waals surface area (Å²) in [6.07, 6.45) is 1.34. The Morgan fingerprint density at radius 2 is 2.16 bits per heavy atom. The molecule has 1 aliphatic rings. The number of pyridine rings is 1. The number of hydrogen-bond donors (Lipinski definition) is 3. The van der Waals surface area contributed by atoms with Crippen molar-refractivity contribution < 1.29 is 23.8 Å². The number of amides is 1.